The van der Waals surface area contributed by atoms with Crippen molar-refractivity contribution >= 4 is 11.6 Å². The second-order valence-electron chi connectivity index (χ2n) is 4.65. The standard InChI is InChI=1S/C16H15FN2O4/c1-10(12-8-11(20)6-7-14(12)21)18-19-16(22)9-23-15-5-3-2-4-13(15)17/h2-8,20-21H,9H2,1H3,(H,19,22)/b18-10+. The first-order chi connectivity index (χ1) is 11.0. The van der Waals surface area contributed by atoms with E-state index in [0.29, 0.717) is 0 Å². The van der Waals surface area contributed by atoms with Crippen LogP contribution in [0.25, 0.3) is 0 Å². The maximum absolute atomic E-state index is 13.3. The Morgan fingerprint density at radius 1 is 1.26 bits per heavy atom. The molecule has 120 valence electrons. The number of rotatable bonds is 5. The van der Waals surface area contributed by atoms with E-state index < -0.39 is 18.3 Å². The Labute approximate surface area is 131 Å². The molecule has 2 aromatic rings. The predicted octanol–water partition coefficient (Wildman–Crippen LogP) is 2.16. The number of phenols is 2. The Balaban J connectivity index is 1.95. The molecule has 23 heavy (non-hydrogen) atoms. The summed E-state index contributed by atoms with van der Waals surface area (Å²) in [6.45, 7) is 1.14. The van der Waals surface area contributed by atoms with Crippen molar-refractivity contribution in [3.05, 3.63) is 53.8 Å². The maximum atomic E-state index is 13.3. The first kappa shape index (κ1) is 16.3. The molecule has 0 aliphatic heterocycles. The highest BCUT2D eigenvalue weighted by Crippen LogP contribution is 2.22. The van der Waals surface area contributed by atoms with Crippen LogP contribution >= 0.6 is 0 Å². The summed E-state index contributed by atoms with van der Waals surface area (Å²) in [7, 11) is 0. The summed E-state index contributed by atoms with van der Waals surface area (Å²) < 4.78 is 18.4. The van der Waals surface area contributed by atoms with Gasteiger partial charge in [0.1, 0.15) is 11.5 Å². The van der Waals surface area contributed by atoms with Gasteiger partial charge in [-0.2, -0.15) is 5.10 Å². The lowest BCUT2D eigenvalue weighted by atomic mass is 10.1. The lowest BCUT2D eigenvalue weighted by Crippen LogP contribution is -2.25. The van der Waals surface area contributed by atoms with E-state index in [9.17, 15) is 19.4 Å². The third kappa shape index (κ3) is 4.44. The number of halogens is 1. The first-order valence-electron chi connectivity index (χ1n) is 6.70. The van der Waals surface area contributed by atoms with Crippen LogP contribution in [0.1, 0.15) is 12.5 Å². The summed E-state index contributed by atoms with van der Waals surface area (Å²) in [5.74, 6) is -1.31. The average molecular weight is 318 g/mol. The van der Waals surface area contributed by atoms with Crippen LogP contribution in [0.5, 0.6) is 17.2 Å². The molecule has 2 rings (SSSR count). The van der Waals surface area contributed by atoms with Crippen LogP contribution in [0.15, 0.2) is 47.6 Å². The molecule has 0 unspecified atom stereocenters. The highest BCUT2D eigenvalue weighted by Gasteiger charge is 2.08. The van der Waals surface area contributed by atoms with Gasteiger partial charge in [-0.15, -0.1) is 0 Å². The minimum absolute atomic E-state index is 0.0334. The number of hydrazone groups is 1. The van der Waals surface area contributed by atoms with Crippen molar-refractivity contribution in [2.24, 2.45) is 5.10 Å². The zero-order valence-electron chi connectivity index (χ0n) is 12.3. The molecule has 0 saturated carbocycles. The van der Waals surface area contributed by atoms with Crippen LogP contribution in [0.3, 0.4) is 0 Å². The number of amides is 1. The number of aromatic hydroxyl groups is 2. The molecule has 0 heterocycles. The van der Waals surface area contributed by atoms with Crippen LogP contribution in [0.2, 0.25) is 0 Å². The number of hydrogen-bond acceptors (Lipinski definition) is 5. The van der Waals surface area contributed by atoms with Crippen molar-refractivity contribution in [3.63, 3.8) is 0 Å². The zero-order valence-corrected chi connectivity index (χ0v) is 12.3. The number of hydrogen-bond donors (Lipinski definition) is 3. The number of nitrogens with zero attached hydrogens (tertiary/aromatic N) is 1. The zero-order chi connectivity index (χ0) is 16.8. The molecule has 0 aliphatic carbocycles. The molecular formula is C16H15FN2O4. The van der Waals surface area contributed by atoms with Gasteiger partial charge in [-0.05, 0) is 37.3 Å². The summed E-state index contributed by atoms with van der Waals surface area (Å²) in [5, 5.41) is 22.9. The van der Waals surface area contributed by atoms with E-state index in [4.69, 9.17) is 4.74 Å². The topological polar surface area (TPSA) is 91.2 Å². The first-order valence-corrected chi connectivity index (χ1v) is 6.70. The van der Waals surface area contributed by atoms with Crippen LogP contribution < -0.4 is 10.2 Å². The summed E-state index contributed by atoms with van der Waals surface area (Å²) in [4.78, 5) is 11.6. The van der Waals surface area contributed by atoms with Gasteiger partial charge in [-0.1, -0.05) is 12.1 Å². The number of phenolic OH excluding ortho intramolecular Hbond substituents is 2. The molecular weight excluding hydrogens is 303 g/mol. The maximum Gasteiger partial charge on any atom is 0.277 e. The summed E-state index contributed by atoms with van der Waals surface area (Å²) in [6, 6.07) is 9.68. The number of benzene rings is 2. The fourth-order valence-corrected chi connectivity index (χ4v) is 1.76. The van der Waals surface area contributed by atoms with E-state index in [2.05, 4.69) is 10.5 Å². The largest absolute Gasteiger partial charge is 0.508 e. The Bertz CT molecular complexity index is 747. The molecule has 6 nitrogen and oxygen atoms in total. The molecule has 7 heteroatoms. The summed E-state index contributed by atoms with van der Waals surface area (Å²) in [5.41, 5.74) is 2.79. The Hall–Kier alpha value is -3.09. The molecule has 0 atom stereocenters. The third-order valence-corrected chi connectivity index (χ3v) is 2.91. The van der Waals surface area contributed by atoms with Crippen molar-refractivity contribution in [3.8, 4) is 17.2 Å². The number of para-hydroxylation sites is 1. The van der Waals surface area contributed by atoms with Crippen molar-refractivity contribution < 1.29 is 24.1 Å². The van der Waals surface area contributed by atoms with Gasteiger partial charge in [-0.25, -0.2) is 9.82 Å². The van der Waals surface area contributed by atoms with Crippen molar-refractivity contribution in [2.45, 2.75) is 6.92 Å². The molecule has 1 amide bonds. The molecule has 0 bridgehead atoms. The normalized spacial score (nSPS) is 11.1. The number of ether oxygens (including phenoxy) is 1. The lowest BCUT2D eigenvalue weighted by molar-refractivity contribution is -0.123. The third-order valence-electron chi connectivity index (χ3n) is 2.91. The highest BCUT2D eigenvalue weighted by atomic mass is 19.1. The van der Waals surface area contributed by atoms with Gasteiger partial charge in [0, 0.05) is 5.56 Å². The van der Waals surface area contributed by atoms with E-state index in [0.717, 1.165) is 0 Å². The SMILES string of the molecule is C/C(=N\NC(=O)COc1ccccc1F)c1cc(O)ccc1O. The van der Waals surface area contributed by atoms with Crippen molar-refractivity contribution in [1.82, 2.24) is 5.43 Å². The smallest absolute Gasteiger partial charge is 0.277 e. The van der Waals surface area contributed by atoms with Crippen LogP contribution in [-0.4, -0.2) is 28.4 Å². The van der Waals surface area contributed by atoms with Gasteiger partial charge in [0.2, 0.25) is 0 Å². The van der Waals surface area contributed by atoms with E-state index in [1.165, 1.54) is 36.4 Å². The van der Waals surface area contributed by atoms with E-state index in [1.54, 1.807) is 13.0 Å². The molecule has 0 radical (unpaired) electrons. The number of nitrogens with one attached hydrogen (secondary N) is 1. The Morgan fingerprint density at radius 2 is 2.00 bits per heavy atom. The molecule has 3 N–H and O–H groups in total. The number of carbonyl (C=O) groups is 1. The molecule has 0 saturated heterocycles. The molecule has 0 aromatic heterocycles. The predicted molar refractivity (Wildman–Crippen MR) is 82.0 cm³/mol. The minimum atomic E-state index is -0.591. The van der Waals surface area contributed by atoms with E-state index >= 15 is 0 Å². The van der Waals surface area contributed by atoms with Crippen LogP contribution in [0.4, 0.5) is 4.39 Å². The fraction of sp³-hybridized carbons (Fsp3) is 0.125. The summed E-state index contributed by atoms with van der Waals surface area (Å²) in [6.07, 6.45) is 0. The van der Waals surface area contributed by atoms with Crippen LogP contribution in [-0.2, 0) is 4.79 Å². The van der Waals surface area contributed by atoms with Gasteiger partial charge in [0.05, 0.1) is 5.71 Å². The molecule has 0 spiro atoms. The van der Waals surface area contributed by atoms with Gasteiger partial charge in [-0.3, -0.25) is 4.79 Å². The Morgan fingerprint density at radius 3 is 2.74 bits per heavy atom. The van der Waals surface area contributed by atoms with Crippen LogP contribution in [0, 0.1) is 5.82 Å². The molecule has 2 aromatic carbocycles. The quantitative estimate of drug-likeness (QED) is 0.447. The van der Waals surface area contributed by atoms with E-state index in [1.807, 2.05) is 0 Å². The van der Waals surface area contributed by atoms with Crippen molar-refractivity contribution in [2.75, 3.05) is 6.61 Å². The monoisotopic (exact) mass is 318 g/mol. The van der Waals surface area contributed by atoms with Gasteiger partial charge >= 0.3 is 0 Å². The van der Waals surface area contributed by atoms with Gasteiger partial charge in [0.25, 0.3) is 5.91 Å². The average Bonchev–Trinajstić information content (AvgIpc) is 2.54. The fourth-order valence-electron chi connectivity index (χ4n) is 1.76. The minimum Gasteiger partial charge on any atom is -0.508 e. The highest BCUT2D eigenvalue weighted by molar-refractivity contribution is 6.01. The van der Waals surface area contributed by atoms with Crippen molar-refractivity contribution in [1.29, 1.82) is 0 Å². The second kappa shape index (κ2) is 7.26. The second-order valence-corrected chi connectivity index (χ2v) is 4.65. The molecule has 0 fully saturated rings. The van der Waals surface area contributed by atoms with Gasteiger partial charge < -0.3 is 14.9 Å². The van der Waals surface area contributed by atoms with E-state index in [-0.39, 0.29) is 28.5 Å². The molecule has 0 aliphatic rings. The van der Waals surface area contributed by atoms with Gasteiger partial charge in [0.15, 0.2) is 18.2 Å². The number of carbonyl (C=O) groups excluding carboxylic acids is 1. The summed E-state index contributed by atoms with van der Waals surface area (Å²) >= 11 is 0. The lowest BCUT2D eigenvalue weighted by Gasteiger charge is -2.07. The Kier molecular flexibility index (Phi) is 5.14.